The minimum absolute atomic E-state index is 1.01. The van der Waals surface area contributed by atoms with Crippen LogP contribution in [0.1, 0.15) is 200 Å². The molecule has 0 unspecified atom stereocenters. The van der Waals surface area contributed by atoms with Gasteiger partial charge in [-0.15, -0.1) is 0 Å². The number of hydrogen-bond acceptors (Lipinski definition) is 8. The van der Waals surface area contributed by atoms with Crippen LogP contribution < -0.4 is 0 Å². The van der Waals surface area contributed by atoms with Crippen LogP contribution in [0.4, 0.5) is 0 Å². The van der Waals surface area contributed by atoms with Crippen LogP contribution in [0, 0.1) is 41.5 Å². The highest BCUT2D eigenvalue weighted by molar-refractivity contribution is 6.09. The van der Waals surface area contributed by atoms with E-state index in [0.717, 1.165) is 71.4 Å². The van der Waals surface area contributed by atoms with Gasteiger partial charge in [0.2, 0.25) is 0 Å². The van der Waals surface area contributed by atoms with Gasteiger partial charge in [0.15, 0.2) is 0 Å². The highest BCUT2D eigenvalue weighted by Gasteiger charge is 2.08. The third kappa shape index (κ3) is 28.0. The Labute approximate surface area is 687 Å². The summed E-state index contributed by atoms with van der Waals surface area (Å²) in [5.74, 6) is 0. The van der Waals surface area contributed by atoms with Gasteiger partial charge in [0, 0.05) is 114 Å². The zero-order valence-corrected chi connectivity index (χ0v) is 75.1. The molecule has 8 aromatic heterocycles. The summed E-state index contributed by atoms with van der Waals surface area (Å²) in [4.78, 5) is 35.7. The van der Waals surface area contributed by atoms with Gasteiger partial charge >= 0.3 is 0 Å². The fraction of sp³-hybridized carbons (Fsp3) is 0.283. The number of pyridine rings is 8. The second kappa shape index (κ2) is 58.4. The van der Waals surface area contributed by atoms with Crippen molar-refractivity contribution in [2.24, 2.45) is 0 Å². The van der Waals surface area contributed by atoms with Crippen molar-refractivity contribution in [2.75, 3.05) is 0 Å². The smallest absolute Gasteiger partial charge is 0.0811 e. The van der Waals surface area contributed by atoms with E-state index in [9.17, 15) is 0 Å². The summed E-state index contributed by atoms with van der Waals surface area (Å²) in [7, 11) is 0. The first-order valence-corrected chi connectivity index (χ1v) is 42.3. The largest absolute Gasteiger partial charge is 0.256 e. The van der Waals surface area contributed by atoms with Crippen LogP contribution in [0.25, 0.3) is 130 Å². The fourth-order valence-corrected chi connectivity index (χ4v) is 11.7. The van der Waals surface area contributed by atoms with E-state index in [1.165, 1.54) is 92.5 Å². The van der Waals surface area contributed by atoms with Gasteiger partial charge in [-0.25, -0.2) is 0 Å². The molecule has 0 aliphatic carbocycles. The molecule has 0 atom stereocenters. The van der Waals surface area contributed by atoms with Gasteiger partial charge < -0.3 is 0 Å². The van der Waals surface area contributed by atoms with Crippen LogP contribution in [0.2, 0.25) is 0 Å². The van der Waals surface area contributed by atoms with Gasteiger partial charge in [0.1, 0.15) is 0 Å². The second-order valence-electron chi connectivity index (χ2n) is 22.7. The van der Waals surface area contributed by atoms with E-state index in [2.05, 4.69) is 275 Å². The van der Waals surface area contributed by atoms with Crippen LogP contribution in [-0.4, -0.2) is 39.9 Å². The number of fused-ring (bicyclic) bond motifs is 18. The Balaban J connectivity index is 0.000000648. The van der Waals surface area contributed by atoms with Crippen LogP contribution in [0.15, 0.2) is 280 Å². The monoisotopic (exact) mass is 1520 g/mol. The van der Waals surface area contributed by atoms with Gasteiger partial charge in [-0.1, -0.05) is 342 Å². The normalized spacial score (nSPS) is 9.32. The Bertz CT molecular complexity index is 5350. The predicted octanol–water partition coefficient (Wildman–Crippen LogP) is 33.3. The van der Waals surface area contributed by atoms with Crippen LogP contribution in [-0.2, 0) is 0 Å². The lowest BCUT2D eigenvalue weighted by Gasteiger charge is -2.05. The van der Waals surface area contributed by atoms with Crippen molar-refractivity contribution in [3.63, 3.8) is 0 Å². The molecule has 0 saturated heterocycles. The molecule has 0 aliphatic heterocycles. The van der Waals surface area contributed by atoms with Gasteiger partial charge in [-0.05, 0) is 152 Å². The van der Waals surface area contributed by atoms with Crippen LogP contribution in [0.3, 0.4) is 0 Å². The van der Waals surface area contributed by atoms with E-state index in [1.54, 1.807) is 0 Å². The Morgan fingerprint density at radius 2 is 0.535 bits per heavy atom. The van der Waals surface area contributed by atoms with Crippen molar-refractivity contribution in [3.8, 4) is 0 Å². The second-order valence-corrected chi connectivity index (χ2v) is 22.7. The zero-order chi connectivity index (χ0) is 85.5. The maximum absolute atomic E-state index is 4.60. The number of nitrogens with zero attached hydrogens (tertiary/aromatic N) is 8. The molecule has 18 aromatic rings. The molecule has 0 N–H and O–H groups in total. The molecule has 0 fully saturated rings. The molecule has 114 heavy (non-hydrogen) atoms. The highest BCUT2D eigenvalue weighted by Crippen LogP contribution is 2.30. The quantitative estimate of drug-likeness (QED) is 0.138. The van der Waals surface area contributed by atoms with Crippen LogP contribution >= 0.6 is 0 Å². The lowest BCUT2D eigenvalue weighted by molar-refractivity contribution is 1.26. The highest BCUT2D eigenvalue weighted by atomic mass is 14.7. The Kier molecular flexibility index (Phi) is 51.5. The average molecular weight is 1520 g/mol. The van der Waals surface area contributed by atoms with E-state index < -0.39 is 0 Å². The summed E-state index contributed by atoms with van der Waals surface area (Å²) in [5.41, 5.74) is 15.8. The molecular formula is C106H136N8. The van der Waals surface area contributed by atoms with Crippen molar-refractivity contribution in [1.82, 2.24) is 39.9 Å². The van der Waals surface area contributed by atoms with Gasteiger partial charge in [-0.2, -0.15) is 0 Å². The number of aromatic nitrogens is 8. The summed E-state index contributed by atoms with van der Waals surface area (Å²) in [5, 5.41) is 19.3. The number of aryl methyl sites for hydroxylation is 6. The average Bonchev–Trinajstić information content (AvgIpc) is 0.821. The molecule has 8 heterocycles. The first kappa shape index (κ1) is 101. The molecule has 0 amide bonds. The van der Waals surface area contributed by atoms with E-state index in [1.807, 2.05) is 253 Å². The number of benzene rings is 10. The minimum Gasteiger partial charge on any atom is -0.256 e. The minimum atomic E-state index is 1.01. The number of rotatable bonds is 0. The molecule has 8 nitrogen and oxygen atoms in total. The van der Waals surface area contributed by atoms with Crippen molar-refractivity contribution in [1.29, 1.82) is 0 Å². The summed E-state index contributed by atoms with van der Waals surface area (Å²) < 4.78 is 0. The van der Waals surface area contributed by atoms with Gasteiger partial charge in [0.25, 0.3) is 0 Å². The topological polar surface area (TPSA) is 103 Å². The molecule has 10 aromatic carbocycles. The predicted molar refractivity (Wildman–Crippen MR) is 516 cm³/mol. The molecule has 8 heteroatoms. The van der Waals surface area contributed by atoms with Crippen molar-refractivity contribution < 1.29 is 0 Å². The first-order chi connectivity index (χ1) is 56.1. The van der Waals surface area contributed by atoms with Crippen molar-refractivity contribution in [3.05, 3.63) is 313 Å². The fourth-order valence-electron chi connectivity index (χ4n) is 11.7. The summed E-state index contributed by atoms with van der Waals surface area (Å²) in [6.07, 6.45) is 13.1. The lowest BCUT2D eigenvalue weighted by Crippen LogP contribution is -1.85. The third-order valence-electron chi connectivity index (χ3n) is 16.3. The molecule has 18 rings (SSSR count). The summed E-state index contributed by atoms with van der Waals surface area (Å²) in [6, 6.07) is 81.6. The molecule has 0 saturated carbocycles. The van der Waals surface area contributed by atoms with Crippen molar-refractivity contribution >= 4 is 130 Å². The maximum atomic E-state index is 4.60. The molecule has 0 aliphatic rings. The lowest BCUT2D eigenvalue weighted by atomic mass is 10.0. The van der Waals surface area contributed by atoms with E-state index >= 15 is 0 Å². The Hall–Kier alpha value is -11.5. The van der Waals surface area contributed by atoms with E-state index in [4.69, 9.17) is 0 Å². The molecule has 600 valence electrons. The SMILES string of the molecule is CC.CC.CC.CC.CC.CC.CC.CC.CC.CC.CC.CC.Cc1cc2ccccc2c2ncccc12.Cc1ccc2c(c1)ncc1cccnc12.Cc1ccc2ccc3ccccc3c2n1.Cc1ccc2ncc3cccnc3c2c1.Cc1ccnc2c1ccc1ccccc12.Cc1cnc2c(ccc3ccccc32)c1. The maximum Gasteiger partial charge on any atom is 0.0811 e. The standard InChI is InChI=1S/4C14H11N.2C13H10N2.12C2H6/c1-10-9-11-5-2-3-6-13(11)14-12(10)7-4-8-15-14;1-10-8-12-7-6-11-4-2-3-5-13(11)14(12)15-9-10;1-10-8-9-15-14-12(10)7-6-11-4-2-3-5-13(11)14;1-10-6-7-12-9-8-11-4-2-3-5-13(11)14(12)15-10;1-9-4-5-12-11(7-9)13-10(8-15-12)3-2-6-14-13;1-9-4-5-11-12(7-9)15-8-10-3-2-6-14-13(10)11;12*1-2/h4*2-9H,1H3;2*2-8H,1H3;12*1-2H3. The first-order valence-electron chi connectivity index (χ1n) is 42.3. The van der Waals surface area contributed by atoms with Gasteiger partial charge in [-0.3, -0.25) is 39.9 Å². The molecule has 0 radical (unpaired) electrons. The number of hydrogen-bond donors (Lipinski definition) is 0. The Morgan fingerprint density at radius 1 is 0.175 bits per heavy atom. The zero-order valence-electron chi connectivity index (χ0n) is 75.1. The van der Waals surface area contributed by atoms with Crippen molar-refractivity contribution in [2.45, 2.75) is 208 Å². The third-order valence-corrected chi connectivity index (χ3v) is 16.3. The summed E-state index contributed by atoms with van der Waals surface area (Å²) in [6.45, 7) is 60.5. The molecule has 0 bridgehead atoms. The van der Waals surface area contributed by atoms with Gasteiger partial charge in [0.05, 0.1) is 44.1 Å². The summed E-state index contributed by atoms with van der Waals surface area (Å²) >= 11 is 0. The van der Waals surface area contributed by atoms with Crippen LogP contribution in [0.5, 0.6) is 0 Å². The van der Waals surface area contributed by atoms with E-state index in [0.29, 0.717) is 0 Å². The Morgan fingerprint density at radius 3 is 1.08 bits per heavy atom. The molecular weight excluding hydrogens is 1390 g/mol. The molecule has 0 spiro atoms. The van der Waals surface area contributed by atoms with E-state index in [-0.39, 0.29) is 0 Å².